The molecule has 98 valence electrons. The van der Waals surface area contributed by atoms with Gasteiger partial charge in [-0.05, 0) is 7.05 Å². The predicted molar refractivity (Wildman–Crippen MR) is 60.6 cm³/mol. The van der Waals surface area contributed by atoms with E-state index >= 15 is 0 Å². The van der Waals surface area contributed by atoms with Crippen LogP contribution in [-0.4, -0.2) is 74.6 Å². The van der Waals surface area contributed by atoms with Crippen LogP contribution in [-0.2, 0) is 14.3 Å². The molecule has 0 spiro atoms. The lowest BCUT2D eigenvalue weighted by molar-refractivity contribution is -0.145. The van der Waals surface area contributed by atoms with Gasteiger partial charge in [-0.25, -0.2) is 0 Å². The van der Waals surface area contributed by atoms with E-state index in [1.165, 1.54) is 0 Å². The third-order valence-corrected chi connectivity index (χ3v) is 3.42. The Bertz CT molecular complexity index is 274. The number of aliphatic hydroxyl groups excluding tert-OH is 1. The number of rotatable bonds is 3. The van der Waals surface area contributed by atoms with Gasteiger partial charge in [-0.1, -0.05) is 0 Å². The standard InChI is InChI=1S/C11H20N2O4/c1-12-10-7-16-6-9(10)11(15)13-2-3-17-8(4-13)5-14/h8-10,12,14H,2-7H2,1H3. The molecular weight excluding hydrogens is 224 g/mol. The summed E-state index contributed by atoms with van der Waals surface area (Å²) >= 11 is 0. The maximum atomic E-state index is 12.3. The average molecular weight is 244 g/mol. The Balaban J connectivity index is 1.94. The fraction of sp³-hybridized carbons (Fsp3) is 0.909. The topological polar surface area (TPSA) is 71.0 Å². The van der Waals surface area contributed by atoms with Crippen LogP contribution >= 0.6 is 0 Å². The molecule has 3 atom stereocenters. The lowest BCUT2D eigenvalue weighted by atomic mass is 10.0. The van der Waals surface area contributed by atoms with Gasteiger partial charge >= 0.3 is 0 Å². The molecule has 0 aromatic heterocycles. The number of carbonyl (C=O) groups is 1. The molecule has 2 rings (SSSR count). The molecule has 1 amide bonds. The molecule has 0 aromatic carbocycles. The molecule has 0 bridgehead atoms. The highest BCUT2D eigenvalue weighted by Gasteiger charge is 2.37. The molecule has 2 fully saturated rings. The van der Waals surface area contributed by atoms with Crippen molar-refractivity contribution in [2.45, 2.75) is 12.1 Å². The number of hydrogen-bond acceptors (Lipinski definition) is 5. The summed E-state index contributed by atoms with van der Waals surface area (Å²) in [5, 5.41) is 12.2. The van der Waals surface area contributed by atoms with Gasteiger partial charge in [0.15, 0.2) is 0 Å². The number of morpholine rings is 1. The van der Waals surface area contributed by atoms with Crippen molar-refractivity contribution >= 4 is 5.91 Å². The molecule has 2 N–H and O–H groups in total. The summed E-state index contributed by atoms with van der Waals surface area (Å²) in [6.45, 7) is 2.59. The number of carbonyl (C=O) groups excluding carboxylic acids is 1. The van der Waals surface area contributed by atoms with Crippen LogP contribution in [0.25, 0.3) is 0 Å². The Morgan fingerprint density at radius 2 is 2.35 bits per heavy atom. The average Bonchev–Trinajstić information content (AvgIpc) is 2.86. The number of amides is 1. The molecule has 6 nitrogen and oxygen atoms in total. The Hall–Kier alpha value is -0.690. The molecule has 2 heterocycles. The van der Waals surface area contributed by atoms with Gasteiger partial charge in [0.25, 0.3) is 0 Å². The summed E-state index contributed by atoms with van der Waals surface area (Å²) in [5.41, 5.74) is 0. The molecule has 17 heavy (non-hydrogen) atoms. The lowest BCUT2D eigenvalue weighted by Crippen LogP contribution is -2.51. The second-order valence-electron chi connectivity index (χ2n) is 4.50. The van der Waals surface area contributed by atoms with E-state index in [1.54, 1.807) is 4.90 Å². The summed E-state index contributed by atoms with van der Waals surface area (Å²) in [4.78, 5) is 14.1. The number of ether oxygens (including phenoxy) is 2. The minimum absolute atomic E-state index is 0.0413. The highest BCUT2D eigenvalue weighted by molar-refractivity contribution is 5.80. The normalized spacial score (nSPS) is 34.0. The SMILES string of the molecule is CNC1COCC1C(=O)N1CCOC(CO)C1. The number of nitrogens with one attached hydrogen (secondary N) is 1. The van der Waals surface area contributed by atoms with Crippen LogP contribution in [0.2, 0.25) is 0 Å². The van der Waals surface area contributed by atoms with Crippen LogP contribution in [0.1, 0.15) is 0 Å². The van der Waals surface area contributed by atoms with Gasteiger partial charge in [-0.15, -0.1) is 0 Å². The van der Waals surface area contributed by atoms with Gasteiger partial charge in [0.05, 0.1) is 38.4 Å². The van der Waals surface area contributed by atoms with Gasteiger partial charge in [0, 0.05) is 19.1 Å². The third kappa shape index (κ3) is 2.77. The molecule has 3 unspecified atom stereocenters. The van der Waals surface area contributed by atoms with Crippen molar-refractivity contribution < 1.29 is 19.4 Å². The third-order valence-electron chi connectivity index (χ3n) is 3.42. The molecule has 0 radical (unpaired) electrons. The number of likely N-dealkylation sites (N-methyl/N-ethyl adjacent to an activating group) is 1. The number of hydrogen-bond donors (Lipinski definition) is 2. The second-order valence-corrected chi connectivity index (χ2v) is 4.50. The predicted octanol–water partition coefficient (Wildman–Crippen LogP) is -1.56. The van der Waals surface area contributed by atoms with Gasteiger partial charge in [-0.2, -0.15) is 0 Å². The Labute approximate surface area is 101 Å². The number of aliphatic hydroxyl groups is 1. The zero-order valence-corrected chi connectivity index (χ0v) is 10.1. The van der Waals surface area contributed by atoms with Crippen molar-refractivity contribution in [3.05, 3.63) is 0 Å². The summed E-state index contributed by atoms with van der Waals surface area (Å²) in [6.07, 6.45) is -0.247. The first kappa shape index (κ1) is 12.8. The van der Waals surface area contributed by atoms with Crippen LogP contribution < -0.4 is 5.32 Å². The number of nitrogens with zero attached hydrogens (tertiary/aromatic N) is 1. The van der Waals surface area contributed by atoms with Crippen molar-refractivity contribution in [3.63, 3.8) is 0 Å². The van der Waals surface area contributed by atoms with Gasteiger partial charge < -0.3 is 24.8 Å². The van der Waals surface area contributed by atoms with E-state index in [1.807, 2.05) is 7.05 Å². The van der Waals surface area contributed by atoms with Crippen LogP contribution in [0.4, 0.5) is 0 Å². The first-order chi connectivity index (χ1) is 8.26. The monoisotopic (exact) mass is 244 g/mol. The molecule has 2 aliphatic rings. The smallest absolute Gasteiger partial charge is 0.229 e. The molecule has 6 heteroatoms. The maximum Gasteiger partial charge on any atom is 0.229 e. The van der Waals surface area contributed by atoms with E-state index in [0.29, 0.717) is 32.9 Å². The van der Waals surface area contributed by atoms with Crippen molar-refractivity contribution in [3.8, 4) is 0 Å². The molecular formula is C11H20N2O4. The zero-order valence-electron chi connectivity index (χ0n) is 10.1. The van der Waals surface area contributed by atoms with Crippen molar-refractivity contribution in [1.82, 2.24) is 10.2 Å². The van der Waals surface area contributed by atoms with E-state index < -0.39 is 0 Å². The van der Waals surface area contributed by atoms with E-state index in [4.69, 9.17) is 14.6 Å². The van der Waals surface area contributed by atoms with E-state index in [0.717, 1.165) is 0 Å². The quantitative estimate of drug-likeness (QED) is 0.628. The minimum atomic E-state index is -0.247. The fourth-order valence-corrected chi connectivity index (χ4v) is 2.35. The van der Waals surface area contributed by atoms with Crippen molar-refractivity contribution in [2.24, 2.45) is 5.92 Å². The minimum Gasteiger partial charge on any atom is -0.394 e. The summed E-state index contributed by atoms with van der Waals surface area (Å²) < 4.78 is 10.7. The van der Waals surface area contributed by atoms with E-state index in [2.05, 4.69) is 5.32 Å². The first-order valence-corrected chi connectivity index (χ1v) is 6.02. The zero-order chi connectivity index (χ0) is 12.3. The largest absolute Gasteiger partial charge is 0.394 e. The van der Waals surface area contributed by atoms with Crippen molar-refractivity contribution in [2.75, 3.05) is 46.6 Å². The fourth-order valence-electron chi connectivity index (χ4n) is 2.35. The Kier molecular flexibility index (Phi) is 4.33. The van der Waals surface area contributed by atoms with Gasteiger partial charge in [-0.3, -0.25) is 4.79 Å². The maximum absolute atomic E-state index is 12.3. The highest BCUT2D eigenvalue weighted by Crippen LogP contribution is 2.18. The second kappa shape index (κ2) is 5.77. The van der Waals surface area contributed by atoms with Crippen LogP contribution in [0.15, 0.2) is 0 Å². The molecule has 0 aromatic rings. The molecule has 2 aliphatic heterocycles. The molecule has 2 saturated heterocycles. The summed E-state index contributed by atoms with van der Waals surface area (Å²) in [5.74, 6) is -0.0129. The van der Waals surface area contributed by atoms with Crippen LogP contribution in [0, 0.1) is 5.92 Å². The highest BCUT2D eigenvalue weighted by atomic mass is 16.5. The molecule has 0 saturated carbocycles. The van der Waals surface area contributed by atoms with Gasteiger partial charge in [0.2, 0.25) is 5.91 Å². The van der Waals surface area contributed by atoms with E-state index in [-0.39, 0.29) is 30.6 Å². The first-order valence-electron chi connectivity index (χ1n) is 6.02. The Morgan fingerprint density at radius 3 is 3.06 bits per heavy atom. The lowest BCUT2D eigenvalue weighted by Gasteiger charge is -2.34. The summed E-state index contributed by atoms with van der Waals surface area (Å²) in [6, 6.07) is 0.0953. The summed E-state index contributed by atoms with van der Waals surface area (Å²) in [7, 11) is 1.84. The molecule has 0 aliphatic carbocycles. The van der Waals surface area contributed by atoms with Crippen LogP contribution in [0.3, 0.4) is 0 Å². The van der Waals surface area contributed by atoms with Crippen molar-refractivity contribution in [1.29, 1.82) is 0 Å². The van der Waals surface area contributed by atoms with Gasteiger partial charge in [0.1, 0.15) is 0 Å². The van der Waals surface area contributed by atoms with E-state index in [9.17, 15) is 4.79 Å². The van der Waals surface area contributed by atoms with Crippen LogP contribution in [0.5, 0.6) is 0 Å². The Morgan fingerprint density at radius 1 is 1.53 bits per heavy atom.